The molecule has 0 radical (unpaired) electrons. The maximum atomic E-state index is 13.4. The predicted octanol–water partition coefficient (Wildman–Crippen LogP) is 4.38. The Kier molecular flexibility index (Phi) is 6.03. The van der Waals surface area contributed by atoms with Crippen LogP contribution in [-0.2, 0) is 11.3 Å². The van der Waals surface area contributed by atoms with Gasteiger partial charge in [0.05, 0.1) is 18.2 Å². The second-order valence-corrected chi connectivity index (χ2v) is 8.31. The van der Waals surface area contributed by atoms with Crippen molar-refractivity contribution in [2.45, 2.75) is 20.4 Å². The van der Waals surface area contributed by atoms with Crippen molar-refractivity contribution >= 4 is 22.6 Å². The van der Waals surface area contributed by atoms with Gasteiger partial charge in [0.1, 0.15) is 23.5 Å². The Morgan fingerprint density at radius 3 is 2.58 bits per heavy atom. The van der Waals surface area contributed by atoms with Gasteiger partial charge in [-0.1, -0.05) is 41.6 Å². The number of rotatable bonds is 6. The molecule has 0 saturated heterocycles. The van der Waals surface area contributed by atoms with E-state index in [-0.39, 0.29) is 29.3 Å². The molecule has 1 amide bonds. The lowest BCUT2D eigenvalue weighted by atomic mass is 10.1. The van der Waals surface area contributed by atoms with Crippen LogP contribution in [0.4, 0.5) is 5.69 Å². The monoisotopic (exact) mass is 481 g/mol. The number of carbonyl (C=O) groups is 1. The fourth-order valence-electron chi connectivity index (χ4n) is 3.99. The maximum Gasteiger partial charge on any atom is 0.263 e. The SMILES string of the molecule is COc1ccccc1NC(=O)Cn1cc(-c2nc(-c3ccccc3C)no2)c(=O)c2ccc(C)nc21. The third kappa shape index (κ3) is 4.34. The standard InChI is InChI=1S/C27H23N5O4/c1-16-8-4-5-9-18(16)25-30-27(36-31-25)20-14-32(26-19(24(20)34)13-12-17(2)28-26)15-23(33)29-21-10-6-7-11-22(21)35-3/h4-14H,15H2,1-3H3,(H,29,33). The first kappa shape index (κ1) is 23.0. The Balaban J connectivity index is 1.56. The normalized spacial score (nSPS) is 11.0. The first-order valence-corrected chi connectivity index (χ1v) is 11.3. The van der Waals surface area contributed by atoms with E-state index in [9.17, 15) is 9.59 Å². The molecule has 5 aromatic rings. The zero-order valence-electron chi connectivity index (χ0n) is 20.0. The number of hydrogen-bond acceptors (Lipinski definition) is 7. The number of fused-ring (bicyclic) bond motifs is 1. The van der Waals surface area contributed by atoms with Crippen molar-refractivity contribution in [1.29, 1.82) is 0 Å². The van der Waals surface area contributed by atoms with Gasteiger partial charge in [-0.3, -0.25) is 9.59 Å². The van der Waals surface area contributed by atoms with Crippen LogP contribution in [0.5, 0.6) is 5.75 Å². The summed E-state index contributed by atoms with van der Waals surface area (Å²) in [5.74, 6) is 0.675. The number of nitrogens with one attached hydrogen (secondary N) is 1. The van der Waals surface area contributed by atoms with Crippen molar-refractivity contribution in [1.82, 2.24) is 19.7 Å². The Bertz CT molecular complexity index is 1650. The number of carbonyl (C=O) groups excluding carboxylic acids is 1. The topological polar surface area (TPSA) is 112 Å². The quantitative estimate of drug-likeness (QED) is 0.383. The number of anilines is 1. The fraction of sp³-hybridized carbons (Fsp3) is 0.148. The molecule has 1 N–H and O–H groups in total. The molecule has 0 atom stereocenters. The molecule has 0 aliphatic carbocycles. The molecule has 0 bridgehead atoms. The molecule has 9 heteroatoms. The van der Waals surface area contributed by atoms with Gasteiger partial charge in [-0.15, -0.1) is 0 Å². The first-order chi connectivity index (χ1) is 17.4. The average molecular weight is 482 g/mol. The molecular weight excluding hydrogens is 458 g/mol. The zero-order chi connectivity index (χ0) is 25.2. The highest BCUT2D eigenvalue weighted by Gasteiger charge is 2.20. The second kappa shape index (κ2) is 9.46. The van der Waals surface area contributed by atoms with Crippen molar-refractivity contribution in [2.24, 2.45) is 0 Å². The van der Waals surface area contributed by atoms with Gasteiger partial charge in [-0.05, 0) is 43.7 Å². The molecule has 0 spiro atoms. The van der Waals surface area contributed by atoms with Crippen molar-refractivity contribution in [3.63, 3.8) is 0 Å². The summed E-state index contributed by atoms with van der Waals surface area (Å²) in [6.45, 7) is 3.67. The van der Waals surface area contributed by atoms with Gasteiger partial charge >= 0.3 is 0 Å². The van der Waals surface area contributed by atoms with E-state index < -0.39 is 0 Å². The van der Waals surface area contributed by atoms with E-state index in [1.807, 2.05) is 44.2 Å². The van der Waals surface area contributed by atoms with E-state index in [1.54, 1.807) is 34.9 Å². The molecule has 5 rings (SSSR count). The Labute approximate surface area is 206 Å². The van der Waals surface area contributed by atoms with Crippen LogP contribution in [-0.4, -0.2) is 32.7 Å². The summed E-state index contributed by atoms with van der Waals surface area (Å²) >= 11 is 0. The van der Waals surface area contributed by atoms with Crippen LogP contribution in [0.1, 0.15) is 11.3 Å². The molecular formula is C27H23N5O4. The van der Waals surface area contributed by atoms with Crippen LogP contribution in [0.25, 0.3) is 33.9 Å². The summed E-state index contributed by atoms with van der Waals surface area (Å²) < 4.78 is 12.4. The highest BCUT2D eigenvalue weighted by molar-refractivity contribution is 5.93. The van der Waals surface area contributed by atoms with Gasteiger partial charge in [-0.2, -0.15) is 4.98 Å². The zero-order valence-corrected chi connectivity index (χ0v) is 20.0. The number of pyridine rings is 2. The van der Waals surface area contributed by atoms with E-state index in [1.165, 1.54) is 13.3 Å². The molecule has 0 fully saturated rings. The third-order valence-electron chi connectivity index (χ3n) is 5.80. The maximum absolute atomic E-state index is 13.4. The highest BCUT2D eigenvalue weighted by atomic mass is 16.5. The predicted molar refractivity (Wildman–Crippen MR) is 136 cm³/mol. The fourth-order valence-corrected chi connectivity index (χ4v) is 3.99. The molecule has 180 valence electrons. The van der Waals surface area contributed by atoms with Gasteiger partial charge in [0, 0.05) is 17.5 Å². The number of aryl methyl sites for hydroxylation is 2. The molecule has 9 nitrogen and oxygen atoms in total. The number of benzene rings is 2. The average Bonchev–Trinajstić information content (AvgIpc) is 3.36. The van der Waals surface area contributed by atoms with E-state index in [4.69, 9.17) is 9.26 Å². The van der Waals surface area contributed by atoms with Gasteiger partial charge in [0.2, 0.25) is 17.2 Å². The van der Waals surface area contributed by atoms with Crippen molar-refractivity contribution in [3.05, 3.63) is 88.3 Å². The van der Waals surface area contributed by atoms with Gasteiger partial charge in [-0.25, -0.2) is 4.98 Å². The molecule has 0 saturated carbocycles. The number of methoxy groups -OCH3 is 1. The third-order valence-corrected chi connectivity index (χ3v) is 5.80. The number of para-hydroxylation sites is 2. The molecule has 0 aliphatic rings. The Hall–Kier alpha value is -4.79. The number of hydrogen-bond donors (Lipinski definition) is 1. The Morgan fingerprint density at radius 2 is 1.78 bits per heavy atom. The molecule has 0 unspecified atom stereocenters. The van der Waals surface area contributed by atoms with E-state index in [0.717, 1.165) is 11.1 Å². The summed E-state index contributed by atoms with van der Waals surface area (Å²) in [7, 11) is 1.54. The van der Waals surface area contributed by atoms with Crippen molar-refractivity contribution in [2.75, 3.05) is 12.4 Å². The molecule has 2 aromatic carbocycles. The summed E-state index contributed by atoms with van der Waals surface area (Å²) in [5, 5.41) is 7.28. The summed E-state index contributed by atoms with van der Waals surface area (Å²) in [6.07, 6.45) is 1.54. The molecule has 0 aliphatic heterocycles. The summed E-state index contributed by atoms with van der Waals surface area (Å²) in [6, 6.07) is 18.2. The lowest BCUT2D eigenvalue weighted by Crippen LogP contribution is -2.22. The smallest absolute Gasteiger partial charge is 0.263 e. The van der Waals surface area contributed by atoms with E-state index >= 15 is 0 Å². The van der Waals surface area contributed by atoms with Crippen LogP contribution in [0.2, 0.25) is 0 Å². The minimum absolute atomic E-state index is 0.0691. The van der Waals surface area contributed by atoms with Crippen molar-refractivity contribution < 1.29 is 14.1 Å². The van der Waals surface area contributed by atoms with Gasteiger partial charge in [0.15, 0.2) is 0 Å². The van der Waals surface area contributed by atoms with Crippen molar-refractivity contribution in [3.8, 4) is 28.6 Å². The number of nitrogens with zero attached hydrogens (tertiary/aromatic N) is 4. The molecule has 36 heavy (non-hydrogen) atoms. The van der Waals surface area contributed by atoms with E-state index in [0.29, 0.717) is 34.0 Å². The van der Waals surface area contributed by atoms with Gasteiger partial charge in [0.25, 0.3) is 5.89 Å². The molecule has 3 aromatic heterocycles. The van der Waals surface area contributed by atoms with Crippen LogP contribution in [0.15, 0.2) is 76.2 Å². The minimum atomic E-state index is -0.315. The van der Waals surface area contributed by atoms with Crippen LogP contribution < -0.4 is 15.5 Å². The Morgan fingerprint density at radius 1 is 1.00 bits per heavy atom. The first-order valence-electron chi connectivity index (χ1n) is 11.3. The lowest BCUT2D eigenvalue weighted by molar-refractivity contribution is -0.116. The van der Waals surface area contributed by atoms with Crippen LogP contribution in [0, 0.1) is 13.8 Å². The number of aromatic nitrogens is 4. The highest BCUT2D eigenvalue weighted by Crippen LogP contribution is 2.25. The van der Waals surface area contributed by atoms with Gasteiger partial charge < -0.3 is 19.1 Å². The lowest BCUT2D eigenvalue weighted by Gasteiger charge is -2.13. The van der Waals surface area contributed by atoms with Crippen LogP contribution >= 0.6 is 0 Å². The minimum Gasteiger partial charge on any atom is -0.495 e. The summed E-state index contributed by atoms with van der Waals surface area (Å²) in [4.78, 5) is 35.4. The van der Waals surface area contributed by atoms with Crippen LogP contribution in [0.3, 0.4) is 0 Å². The molecule has 3 heterocycles. The second-order valence-electron chi connectivity index (χ2n) is 8.31. The van der Waals surface area contributed by atoms with E-state index in [2.05, 4.69) is 20.4 Å². The number of ether oxygens (including phenoxy) is 1. The summed E-state index contributed by atoms with van der Waals surface area (Å²) in [5.41, 5.74) is 3.31. The number of amides is 1. The largest absolute Gasteiger partial charge is 0.495 e.